The highest BCUT2D eigenvalue weighted by atomic mass is 16.4. The van der Waals surface area contributed by atoms with Gasteiger partial charge in [-0.3, -0.25) is 9.59 Å². The van der Waals surface area contributed by atoms with Gasteiger partial charge in [-0.1, -0.05) is 13.8 Å². The van der Waals surface area contributed by atoms with E-state index >= 15 is 0 Å². The lowest BCUT2D eigenvalue weighted by atomic mass is 10.0. The number of rotatable bonds is 5. The number of carbonyl (C=O) groups excluding carboxylic acids is 1. The van der Waals surface area contributed by atoms with Crippen molar-refractivity contribution in [2.45, 2.75) is 51.6 Å². The third-order valence-corrected chi connectivity index (χ3v) is 2.93. The largest absolute Gasteiger partial charge is 0.480 e. The summed E-state index contributed by atoms with van der Waals surface area (Å²) in [5.74, 6) is -0.500. The van der Waals surface area contributed by atoms with Gasteiger partial charge in [0.2, 0.25) is 5.91 Å². The molecule has 2 atom stereocenters. The first-order chi connectivity index (χ1) is 7.99. The van der Waals surface area contributed by atoms with Crippen LogP contribution >= 0.6 is 0 Å². The van der Waals surface area contributed by atoms with E-state index in [4.69, 9.17) is 5.11 Å². The minimum atomic E-state index is -0.830. The molecular formula is C12H22N2O3. The van der Waals surface area contributed by atoms with Gasteiger partial charge in [-0.15, -0.1) is 0 Å². The molecule has 0 saturated carbocycles. The zero-order valence-electron chi connectivity index (χ0n) is 10.5. The molecule has 5 nitrogen and oxygen atoms in total. The molecule has 0 aromatic rings. The minimum absolute atomic E-state index is 0.00804. The minimum Gasteiger partial charge on any atom is -0.480 e. The summed E-state index contributed by atoms with van der Waals surface area (Å²) in [6, 6.07) is -0.566. The van der Waals surface area contributed by atoms with Crippen LogP contribution in [0, 0.1) is 5.92 Å². The van der Waals surface area contributed by atoms with Gasteiger partial charge in [-0.2, -0.15) is 0 Å². The Hall–Kier alpha value is -1.10. The van der Waals surface area contributed by atoms with Gasteiger partial charge in [0.15, 0.2) is 0 Å². The van der Waals surface area contributed by atoms with E-state index < -0.39 is 12.0 Å². The highest BCUT2D eigenvalue weighted by molar-refractivity contribution is 5.77. The average Bonchev–Trinajstić information content (AvgIpc) is 2.41. The molecule has 2 unspecified atom stereocenters. The Kier molecular flexibility index (Phi) is 5.41. The quantitative estimate of drug-likeness (QED) is 0.664. The predicted octanol–water partition coefficient (Wildman–Crippen LogP) is 0.744. The van der Waals surface area contributed by atoms with E-state index in [-0.39, 0.29) is 11.9 Å². The van der Waals surface area contributed by atoms with Crippen LogP contribution in [-0.2, 0) is 9.59 Å². The van der Waals surface area contributed by atoms with Crippen molar-refractivity contribution in [1.29, 1.82) is 0 Å². The summed E-state index contributed by atoms with van der Waals surface area (Å²) in [4.78, 5) is 22.5. The Morgan fingerprint density at radius 3 is 2.88 bits per heavy atom. The average molecular weight is 242 g/mol. The molecule has 1 heterocycles. The van der Waals surface area contributed by atoms with Gasteiger partial charge in [-0.25, -0.2) is 0 Å². The number of carboxylic acid groups (broad SMARTS) is 1. The van der Waals surface area contributed by atoms with Crippen LogP contribution in [0.25, 0.3) is 0 Å². The first kappa shape index (κ1) is 14.0. The molecule has 1 amide bonds. The molecule has 0 aromatic heterocycles. The van der Waals surface area contributed by atoms with Gasteiger partial charge >= 0.3 is 5.97 Å². The topological polar surface area (TPSA) is 78.4 Å². The van der Waals surface area contributed by atoms with E-state index in [1.807, 2.05) is 13.8 Å². The van der Waals surface area contributed by atoms with Crippen LogP contribution in [0.15, 0.2) is 0 Å². The second kappa shape index (κ2) is 6.59. The van der Waals surface area contributed by atoms with Crippen LogP contribution in [-0.4, -0.2) is 35.6 Å². The SMILES string of the molecule is CC(C)CC(NC1CCCNC(=O)C1)C(=O)O. The smallest absolute Gasteiger partial charge is 0.320 e. The second-order valence-corrected chi connectivity index (χ2v) is 5.08. The fraction of sp³-hybridized carbons (Fsp3) is 0.833. The Labute approximate surface area is 102 Å². The van der Waals surface area contributed by atoms with Crippen molar-refractivity contribution < 1.29 is 14.7 Å². The van der Waals surface area contributed by atoms with Crippen LogP contribution in [0.4, 0.5) is 0 Å². The number of nitrogens with one attached hydrogen (secondary N) is 2. The number of amides is 1. The van der Waals surface area contributed by atoms with E-state index in [1.165, 1.54) is 0 Å². The second-order valence-electron chi connectivity index (χ2n) is 5.08. The summed E-state index contributed by atoms with van der Waals surface area (Å²) in [6.45, 7) is 4.69. The molecule has 0 bridgehead atoms. The molecule has 1 aliphatic heterocycles. The fourth-order valence-electron chi connectivity index (χ4n) is 2.11. The number of aliphatic carboxylic acids is 1. The van der Waals surface area contributed by atoms with Gasteiger partial charge in [-0.05, 0) is 25.2 Å². The van der Waals surface area contributed by atoms with Gasteiger partial charge in [0.1, 0.15) is 6.04 Å². The lowest BCUT2D eigenvalue weighted by molar-refractivity contribution is -0.140. The molecular weight excluding hydrogens is 220 g/mol. The summed E-state index contributed by atoms with van der Waals surface area (Å²) in [7, 11) is 0. The third-order valence-electron chi connectivity index (χ3n) is 2.93. The zero-order valence-corrected chi connectivity index (χ0v) is 10.5. The van der Waals surface area contributed by atoms with Crippen LogP contribution in [0.1, 0.15) is 39.5 Å². The van der Waals surface area contributed by atoms with E-state index in [0.29, 0.717) is 25.3 Å². The molecule has 3 N–H and O–H groups in total. The van der Waals surface area contributed by atoms with E-state index in [1.54, 1.807) is 0 Å². The highest BCUT2D eigenvalue weighted by Gasteiger charge is 2.24. The maximum atomic E-state index is 11.4. The molecule has 0 radical (unpaired) electrons. The fourth-order valence-corrected chi connectivity index (χ4v) is 2.11. The molecule has 1 rings (SSSR count). The first-order valence-corrected chi connectivity index (χ1v) is 6.24. The number of hydrogen-bond acceptors (Lipinski definition) is 3. The van der Waals surface area contributed by atoms with Crippen molar-refractivity contribution in [3.63, 3.8) is 0 Å². The van der Waals surface area contributed by atoms with Gasteiger partial charge in [0.05, 0.1) is 0 Å². The van der Waals surface area contributed by atoms with E-state index in [2.05, 4.69) is 10.6 Å². The first-order valence-electron chi connectivity index (χ1n) is 6.24. The van der Waals surface area contributed by atoms with E-state index in [9.17, 15) is 9.59 Å². The van der Waals surface area contributed by atoms with Crippen molar-refractivity contribution >= 4 is 11.9 Å². The maximum absolute atomic E-state index is 11.4. The summed E-state index contributed by atoms with van der Waals surface area (Å²) < 4.78 is 0. The maximum Gasteiger partial charge on any atom is 0.320 e. The summed E-state index contributed by atoms with van der Waals surface area (Å²) in [5, 5.41) is 15.0. The molecule has 0 spiro atoms. The number of hydrogen-bond donors (Lipinski definition) is 3. The molecule has 1 saturated heterocycles. The van der Waals surface area contributed by atoms with Crippen molar-refractivity contribution in [2.75, 3.05) is 6.54 Å². The Balaban J connectivity index is 2.52. The lowest BCUT2D eigenvalue weighted by Crippen LogP contribution is -2.45. The Morgan fingerprint density at radius 1 is 1.59 bits per heavy atom. The molecule has 5 heteroatoms. The van der Waals surface area contributed by atoms with Crippen LogP contribution in [0.2, 0.25) is 0 Å². The predicted molar refractivity (Wildman–Crippen MR) is 64.7 cm³/mol. The van der Waals surface area contributed by atoms with Crippen molar-refractivity contribution in [1.82, 2.24) is 10.6 Å². The summed E-state index contributed by atoms with van der Waals surface area (Å²) >= 11 is 0. The molecule has 0 aliphatic carbocycles. The lowest BCUT2D eigenvalue weighted by Gasteiger charge is -2.22. The Morgan fingerprint density at radius 2 is 2.29 bits per heavy atom. The highest BCUT2D eigenvalue weighted by Crippen LogP contribution is 2.11. The molecule has 17 heavy (non-hydrogen) atoms. The number of carbonyl (C=O) groups is 2. The van der Waals surface area contributed by atoms with E-state index in [0.717, 1.165) is 12.8 Å². The normalized spacial score (nSPS) is 23.0. The van der Waals surface area contributed by atoms with Gasteiger partial charge < -0.3 is 15.7 Å². The Bertz CT molecular complexity index is 279. The van der Waals surface area contributed by atoms with Gasteiger partial charge in [0, 0.05) is 19.0 Å². The van der Waals surface area contributed by atoms with Gasteiger partial charge in [0.25, 0.3) is 0 Å². The van der Waals surface area contributed by atoms with Crippen molar-refractivity contribution in [2.24, 2.45) is 5.92 Å². The van der Waals surface area contributed by atoms with Crippen molar-refractivity contribution in [3.8, 4) is 0 Å². The standard InChI is InChI=1S/C12H22N2O3/c1-8(2)6-10(12(16)17)14-9-4-3-5-13-11(15)7-9/h8-10,14H,3-7H2,1-2H3,(H,13,15)(H,16,17). The van der Waals surface area contributed by atoms with Crippen LogP contribution in [0.3, 0.4) is 0 Å². The van der Waals surface area contributed by atoms with Crippen LogP contribution in [0.5, 0.6) is 0 Å². The summed E-state index contributed by atoms with van der Waals surface area (Å²) in [6.07, 6.45) is 2.72. The number of carboxylic acids is 1. The van der Waals surface area contributed by atoms with Crippen molar-refractivity contribution in [3.05, 3.63) is 0 Å². The summed E-state index contributed by atoms with van der Waals surface area (Å²) in [5.41, 5.74) is 0. The zero-order chi connectivity index (χ0) is 12.8. The molecule has 98 valence electrons. The molecule has 1 aliphatic rings. The third kappa shape index (κ3) is 5.17. The molecule has 0 aromatic carbocycles. The molecule has 1 fully saturated rings. The monoisotopic (exact) mass is 242 g/mol. The van der Waals surface area contributed by atoms with Crippen LogP contribution < -0.4 is 10.6 Å².